The van der Waals surface area contributed by atoms with E-state index in [1.807, 2.05) is 32.9 Å². The second kappa shape index (κ2) is 7.18. The monoisotopic (exact) mass is 308 g/mol. The highest BCUT2D eigenvalue weighted by Crippen LogP contribution is 2.27. The van der Waals surface area contributed by atoms with Gasteiger partial charge in [-0.25, -0.2) is 4.79 Å². The molecule has 1 aliphatic rings. The van der Waals surface area contributed by atoms with Crippen molar-refractivity contribution in [3.8, 4) is 0 Å². The predicted octanol–water partition coefficient (Wildman–Crippen LogP) is 3.62. The van der Waals surface area contributed by atoms with Gasteiger partial charge in [-0.3, -0.25) is 0 Å². The van der Waals surface area contributed by atoms with Crippen LogP contribution in [0.25, 0.3) is 0 Å². The minimum atomic E-state index is -0.453. The highest BCUT2D eigenvalue weighted by molar-refractivity contribution is 5.67. The molecule has 2 rings (SSSR count). The quantitative estimate of drug-likeness (QED) is 0.872. The molecular weight excluding hydrogens is 280 g/mol. The Bertz CT molecular complexity index is 465. The molecule has 5 nitrogen and oxygen atoms in total. The molecule has 0 bridgehead atoms. The lowest BCUT2D eigenvalue weighted by Gasteiger charge is -2.25. The van der Waals surface area contributed by atoms with Crippen LogP contribution in [0.4, 0.5) is 4.79 Å². The number of carbonyl (C=O) groups excluding carboxylic acids is 1. The Morgan fingerprint density at radius 1 is 1.45 bits per heavy atom. The molecule has 22 heavy (non-hydrogen) atoms. The standard InChI is InChI=1S/C17H28N2O3/c1-12(15-9-6-10-21-15)19-14-8-5-7-13(14)11-18-16(20)22-17(2,3)4/h6,9-10,12-14,19H,5,7-8,11H2,1-4H3,(H,18,20)/t12-,13?,14?/m0/s1. The van der Waals surface area contributed by atoms with E-state index in [0.29, 0.717) is 18.5 Å². The summed E-state index contributed by atoms with van der Waals surface area (Å²) in [7, 11) is 0. The van der Waals surface area contributed by atoms with Crippen molar-refractivity contribution in [3.05, 3.63) is 24.2 Å². The topological polar surface area (TPSA) is 63.5 Å². The van der Waals surface area contributed by atoms with E-state index in [1.165, 1.54) is 6.42 Å². The van der Waals surface area contributed by atoms with Gasteiger partial charge in [-0.15, -0.1) is 0 Å². The average Bonchev–Trinajstić information content (AvgIpc) is 3.05. The second-order valence-corrected chi connectivity index (χ2v) is 7.08. The van der Waals surface area contributed by atoms with Crippen LogP contribution in [-0.4, -0.2) is 24.3 Å². The Hall–Kier alpha value is -1.49. The zero-order chi connectivity index (χ0) is 16.2. The van der Waals surface area contributed by atoms with Gasteiger partial charge < -0.3 is 19.8 Å². The van der Waals surface area contributed by atoms with Gasteiger partial charge in [-0.1, -0.05) is 6.42 Å². The van der Waals surface area contributed by atoms with Crippen molar-refractivity contribution in [1.82, 2.24) is 10.6 Å². The van der Waals surface area contributed by atoms with E-state index in [2.05, 4.69) is 17.6 Å². The van der Waals surface area contributed by atoms with Crippen LogP contribution in [0.5, 0.6) is 0 Å². The maximum absolute atomic E-state index is 11.8. The van der Waals surface area contributed by atoms with Crippen LogP contribution in [0.3, 0.4) is 0 Å². The third-order valence-corrected chi connectivity index (χ3v) is 4.00. The van der Waals surface area contributed by atoms with E-state index in [4.69, 9.17) is 9.15 Å². The van der Waals surface area contributed by atoms with Gasteiger partial charge in [0.15, 0.2) is 0 Å². The van der Waals surface area contributed by atoms with E-state index in [9.17, 15) is 4.79 Å². The summed E-state index contributed by atoms with van der Waals surface area (Å²) in [6.07, 6.45) is 4.80. The first-order valence-electron chi connectivity index (χ1n) is 8.11. The summed E-state index contributed by atoms with van der Waals surface area (Å²) in [5.41, 5.74) is -0.453. The van der Waals surface area contributed by atoms with Crippen LogP contribution in [-0.2, 0) is 4.74 Å². The number of amides is 1. The van der Waals surface area contributed by atoms with Gasteiger partial charge in [0, 0.05) is 12.6 Å². The molecule has 3 atom stereocenters. The molecular formula is C17H28N2O3. The lowest BCUT2D eigenvalue weighted by molar-refractivity contribution is 0.0517. The van der Waals surface area contributed by atoms with E-state index < -0.39 is 5.60 Å². The van der Waals surface area contributed by atoms with Gasteiger partial charge in [0.2, 0.25) is 0 Å². The Kier molecular flexibility index (Phi) is 5.51. The van der Waals surface area contributed by atoms with Crippen molar-refractivity contribution < 1.29 is 13.9 Å². The van der Waals surface area contributed by atoms with Crippen LogP contribution < -0.4 is 10.6 Å². The lowest BCUT2D eigenvalue weighted by Crippen LogP contribution is -2.41. The van der Waals surface area contributed by atoms with Gasteiger partial charge >= 0.3 is 6.09 Å². The molecule has 0 aromatic carbocycles. The highest BCUT2D eigenvalue weighted by atomic mass is 16.6. The molecule has 1 aromatic heterocycles. The molecule has 0 aliphatic heterocycles. The summed E-state index contributed by atoms with van der Waals surface area (Å²) < 4.78 is 10.7. The number of rotatable bonds is 5. The number of nitrogens with one attached hydrogen (secondary N) is 2. The SMILES string of the molecule is C[C@H](NC1CCCC1CNC(=O)OC(C)(C)C)c1ccco1. The number of ether oxygens (including phenoxy) is 1. The smallest absolute Gasteiger partial charge is 0.407 e. The maximum Gasteiger partial charge on any atom is 0.407 e. The van der Waals surface area contributed by atoms with Crippen molar-refractivity contribution >= 4 is 6.09 Å². The van der Waals surface area contributed by atoms with Crippen molar-refractivity contribution in [2.45, 2.75) is 64.6 Å². The van der Waals surface area contributed by atoms with Crippen LogP contribution in [0.1, 0.15) is 58.8 Å². The fraction of sp³-hybridized carbons (Fsp3) is 0.706. The largest absolute Gasteiger partial charge is 0.468 e. The Morgan fingerprint density at radius 3 is 2.86 bits per heavy atom. The first-order chi connectivity index (χ1) is 10.3. The molecule has 1 fully saturated rings. The van der Waals surface area contributed by atoms with E-state index in [1.54, 1.807) is 6.26 Å². The summed E-state index contributed by atoms with van der Waals surface area (Å²) >= 11 is 0. The molecule has 1 aliphatic carbocycles. The fourth-order valence-electron chi connectivity index (χ4n) is 2.97. The van der Waals surface area contributed by atoms with Crippen LogP contribution in [0.2, 0.25) is 0 Å². The van der Waals surface area contributed by atoms with E-state index >= 15 is 0 Å². The lowest BCUT2D eigenvalue weighted by atomic mass is 10.0. The van der Waals surface area contributed by atoms with Gasteiger partial charge in [-0.2, -0.15) is 0 Å². The summed E-state index contributed by atoms with van der Waals surface area (Å²) in [5, 5.41) is 6.51. The van der Waals surface area contributed by atoms with E-state index in [0.717, 1.165) is 18.6 Å². The molecule has 0 radical (unpaired) electrons. The Labute approximate surface area is 132 Å². The Balaban J connectivity index is 1.79. The Morgan fingerprint density at radius 2 is 2.23 bits per heavy atom. The van der Waals surface area contributed by atoms with E-state index in [-0.39, 0.29) is 12.1 Å². The van der Waals surface area contributed by atoms with Gasteiger partial charge in [0.05, 0.1) is 12.3 Å². The third kappa shape index (κ3) is 5.05. The van der Waals surface area contributed by atoms with Crippen molar-refractivity contribution in [1.29, 1.82) is 0 Å². The highest BCUT2D eigenvalue weighted by Gasteiger charge is 2.29. The maximum atomic E-state index is 11.8. The molecule has 1 heterocycles. The first kappa shape index (κ1) is 16.9. The predicted molar refractivity (Wildman–Crippen MR) is 85.6 cm³/mol. The summed E-state index contributed by atoms with van der Waals surface area (Å²) in [5.74, 6) is 1.38. The number of carbonyl (C=O) groups is 1. The summed E-state index contributed by atoms with van der Waals surface area (Å²) in [6.45, 7) is 8.37. The molecule has 1 aromatic rings. The third-order valence-electron chi connectivity index (χ3n) is 4.00. The molecule has 1 saturated carbocycles. The van der Waals surface area contributed by atoms with Crippen molar-refractivity contribution in [2.24, 2.45) is 5.92 Å². The minimum absolute atomic E-state index is 0.183. The zero-order valence-corrected chi connectivity index (χ0v) is 14.0. The molecule has 2 unspecified atom stereocenters. The normalized spacial score (nSPS) is 23.3. The van der Waals surface area contributed by atoms with Gasteiger partial charge in [0.25, 0.3) is 0 Å². The minimum Gasteiger partial charge on any atom is -0.468 e. The molecule has 0 spiro atoms. The number of alkyl carbamates (subject to hydrolysis) is 1. The van der Waals surface area contributed by atoms with Crippen molar-refractivity contribution in [2.75, 3.05) is 6.54 Å². The molecule has 5 heteroatoms. The van der Waals surface area contributed by atoms with Gasteiger partial charge in [0.1, 0.15) is 11.4 Å². The fourth-order valence-corrected chi connectivity index (χ4v) is 2.97. The summed E-state index contributed by atoms with van der Waals surface area (Å²) in [6, 6.07) is 4.47. The van der Waals surface area contributed by atoms with Crippen LogP contribution in [0, 0.1) is 5.92 Å². The molecule has 1 amide bonds. The molecule has 124 valence electrons. The first-order valence-corrected chi connectivity index (χ1v) is 8.11. The molecule has 0 saturated heterocycles. The van der Waals surface area contributed by atoms with Crippen molar-refractivity contribution in [3.63, 3.8) is 0 Å². The number of furan rings is 1. The average molecular weight is 308 g/mol. The number of hydrogen-bond donors (Lipinski definition) is 2. The number of hydrogen-bond acceptors (Lipinski definition) is 4. The summed E-state index contributed by atoms with van der Waals surface area (Å²) in [4.78, 5) is 11.8. The van der Waals surface area contributed by atoms with Crippen LogP contribution in [0.15, 0.2) is 22.8 Å². The zero-order valence-electron chi connectivity index (χ0n) is 14.0. The van der Waals surface area contributed by atoms with Crippen LogP contribution >= 0.6 is 0 Å². The second-order valence-electron chi connectivity index (χ2n) is 7.08. The van der Waals surface area contributed by atoms with Gasteiger partial charge in [-0.05, 0) is 58.6 Å². The molecule has 2 N–H and O–H groups in total.